The molecule has 2 aromatic rings. The van der Waals surface area contributed by atoms with Crippen molar-refractivity contribution in [2.75, 3.05) is 0 Å². The zero-order chi connectivity index (χ0) is 10.1. The van der Waals surface area contributed by atoms with E-state index in [1.807, 2.05) is 25.1 Å². The molecule has 0 aliphatic carbocycles. The van der Waals surface area contributed by atoms with Crippen LogP contribution in [0.4, 0.5) is 4.39 Å². The Kier molecular flexibility index (Phi) is 2.08. The van der Waals surface area contributed by atoms with Crippen molar-refractivity contribution in [2.45, 2.75) is 6.92 Å². The Morgan fingerprint density at radius 3 is 2.64 bits per heavy atom. The Balaban J connectivity index is 2.95. The van der Waals surface area contributed by atoms with E-state index in [-0.39, 0.29) is 5.82 Å². The van der Waals surface area contributed by atoms with E-state index in [2.05, 4.69) is 6.58 Å². The van der Waals surface area contributed by atoms with Crippen LogP contribution in [0.1, 0.15) is 11.1 Å². The first-order valence-electron chi connectivity index (χ1n) is 4.54. The summed E-state index contributed by atoms with van der Waals surface area (Å²) >= 11 is 0. The summed E-state index contributed by atoms with van der Waals surface area (Å²) < 4.78 is 13.4. The fourth-order valence-corrected chi connectivity index (χ4v) is 1.72. The number of hydrogen-bond donors (Lipinski definition) is 0. The van der Waals surface area contributed by atoms with E-state index in [1.54, 1.807) is 12.1 Å². The van der Waals surface area contributed by atoms with Crippen molar-refractivity contribution in [1.82, 2.24) is 0 Å². The molecule has 0 unspecified atom stereocenters. The third kappa shape index (κ3) is 1.22. The molecule has 0 aliphatic heterocycles. The lowest BCUT2D eigenvalue weighted by atomic mass is 9.99. The number of hydrogen-bond acceptors (Lipinski definition) is 0. The van der Waals surface area contributed by atoms with Gasteiger partial charge in [0.2, 0.25) is 0 Å². The van der Waals surface area contributed by atoms with Gasteiger partial charge in [-0.15, -0.1) is 0 Å². The quantitative estimate of drug-likeness (QED) is 0.633. The van der Waals surface area contributed by atoms with E-state index in [4.69, 9.17) is 0 Å². The van der Waals surface area contributed by atoms with Crippen LogP contribution in [0.15, 0.2) is 36.9 Å². The molecule has 0 saturated heterocycles. The largest absolute Gasteiger partial charge is 0.206 e. The molecule has 0 bridgehead atoms. The number of fused-ring (bicyclic) bond motifs is 1. The number of benzene rings is 2. The lowest BCUT2D eigenvalue weighted by molar-refractivity contribution is 0.640. The number of rotatable bonds is 1. The van der Waals surface area contributed by atoms with Crippen LogP contribution in [-0.2, 0) is 0 Å². The summed E-state index contributed by atoms with van der Waals surface area (Å²) in [5.74, 6) is -0.175. The second-order valence-electron chi connectivity index (χ2n) is 3.34. The molecule has 0 amide bonds. The summed E-state index contributed by atoms with van der Waals surface area (Å²) in [6, 6.07) is 8.85. The second kappa shape index (κ2) is 3.26. The van der Waals surface area contributed by atoms with Gasteiger partial charge in [0.05, 0.1) is 0 Å². The van der Waals surface area contributed by atoms with Crippen LogP contribution < -0.4 is 0 Å². The molecule has 0 fully saturated rings. The third-order valence-corrected chi connectivity index (χ3v) is 2.47. The van der Waals surface area contributed by atoms with Crippen molar-refractivity contribution in [1.29, 1.82) is 0 Å². The maximum atomic E-state index is 13.4. The molecule has 0 aromatic heterocycles. The molecule has 2 aromatic carbocycles. The van der Waals surface area contributed by atoms with Gasteiger partial charge in [-0.1, -0.05) is 36.9 Å². The summed E-state index contributed by atoms with van der Waals surface area (Å²) in [5, 5.41) is 1.59. The van der Waals surface area contributed by atoms with Crippen LogP contribution in [0.3, 0.4) is 0 Å². The molecule has 0 N–H and O–H groups in total. The van der Waals surface area contributed by atoms with E-state index in [0.29, 0.717) is 5.39 Å². The first-order valence-corrected chi connectivity index (χ1v) is 4.54. The summed E-state index contributed by atoms with van der Waals surface area (Å²) in [7, 11) is 0. The monoisotopic (exact) mass is 186 g/mol. The first-order chi connectivity index (χ1) is 6.74. The minimum atomic E-state index is -0.175. The van der Waals surface area contributed by atoms with E-state index in [0.717, 1.165) is 16.5 Å². The van der Waals surface area contributed by atoms with Crippen LogP contribution in [0, 0.1) is 12.7 Å². The van der Waals surface area contributed by atoms with Gasteiger partial charge in [-0.2, -0.15) is 0 Å². The fourth-order valence-electron chi connectivity index (χ4n) is 1.72. The van der Waals surface area contributed by atoms with E-state index in [1.165, 1.54) is 6.07 Å². The van der Waals surface area contributed by atoms with Gasteiger partial charge in [-0.3, -0.25) is 0 Å². The van der Waals surface area contributed by atoms with Gasteiger partial charge in [0.1, 0.15) is 5.82 Å². The van der Waals surface area contributed by atoms with Gasteiger partial charge < -0.3 is 0 Å². The Labute approximate surface area is 82.7 Å². The third-order valence-electron chi connectivity index (χ3n) is 2.47. The Morgan fingerprint density at radius 1 is 1.14 bits per heavy atom. The molecule has 0 aliphatic rings. The van der Waals surface area contributed by atoms with Gasteiger partial charge in [0.25, 0.3) is 0 Å². The Morgan fingerprint density at radius 2 is 1.93 bits per heavy atom. The summed E-state index contributed by atoms with van der Waals surface area (Å²) in [6.45, 7) is 5.75. The highest BCUT2D eigenvalue weighted by Gasteiger charge is 2.04. The number of aryl methyl sites for hydroxylation is 1. The average molecular weight is 186 g/mol. The molecular formula is C13H11F. The topological polar surface area (TPSA) is 0 Å². The van der Waals surface area contributed by atoms with Crippen molar-refractivity contribution in [3.05, 3.63) is 53.9 Å². The molecule has 1 heteroatoms. The SMILES string of the molecule is C=Cc1c(C)ccc2c(F)cccc12. The van der Waals surface area contributed by atoms with E-state index >= 15 is 0 Å². The standard InChI is InChI=1S/C13H11F/c1-3-10-9(2)7-8-12-11(10)5-4-6-13(12)14/h3-8H,1H2,2H3. The summed E-state index contributed by atoms with van der Waals surface area (Å²) in [5.41, 5.74) is 2.14. The lowest BCUT2D eigenvalue weighted by Crippen LogP contribution is -1.86. The second-order valence-corrected chi connectivity index (χ2v) is 3.34. The molecule has 0 atom stereocenters. The van der Waals surface area contributed by atoms with Crippen LogP contribution in [0.5, 0.6) is 0 Å². The molecule has 0 nitrogen and oxygen atoms in total. The Bertz CT molecular complexity index is 498. The highest BCUT2D eigenvalue weighted by atomic mass is 19.1. The van der Waals surface area contributed by atoms with Crippen molar-refractivity contribution >= 4 is 16.8 Å². The zero-order valence-corrected chi connectivity index (χ0v) is 8.05. The van der Waals surface area contributed by atoms with Gasteiger partial charge >= 0.3 is 0 Å². The smallest absolute Gasteiger partial charge is 0.131 e. The maximum absolute atomic E-state index is 13.4. The van der Waals surface area contributed by atoms with Crippen molar-refractivity contribution in [3.63, 3.8) is 0 Å². The van der Waals surface area contributed by atoms with Crippen molar-refractivity contribution in [2.24, 2.45) is 0 Å². The van der Waals surface area contributed by atoms with Crippen LogP contribution in [0.25, 0.3) is 16.8 Å². The van der Waals surface area contributed by atoms with E-state index < -0.39 is 0 Å². The maximum Gasteiger partial charge on any atom is 0.131 e. The van der Waals surface area contributed by atoms with Gasteiger partial charge in [0.15, 0.2) is 0 Å². The highest BCUT2D eigenvalue weighted by molar-refractivity contribution is 5.92. The van der Waals surface area contributed by atoms with E-state index in [9.17, 15) is 4.39 Å². The summed E-state index contributed by atoms with van der Waals surface area (Å²) in [4.78, 5) is 0. The van der Waals surface area contributed by atoms with Crippen molar-refractivity contribution in [3.8, 4) is 0 Å². The minimum absolute atomic E-state index is 0.175. The molecule has 0 heterocycles. The highest BCUT2D eigenvalue weighted by Crippen LogP contribution is 2.24. The Hall–Kier alpha value is -1.63. The minimum Gasteiger partial charge on any atom is -0.206 e. The normalized spacial score (nSPS) is 10.4. The van der Waals surface area contributed by atoms with Gasteiger partial charge in [-0.05, 0) is 29.5 Å². The average Bonchev–Trinajstić information content (AvgIpc) is 2.18. The predicted octanol–water partition coefficient (Wildman–Crippen LogP) is 3.93. The zero-order valence-electron chi connectivity index (χ0n) is 8.05. The molecule has 0 spiro atoms. The predicted molar refractivity (Wildman–Crippen MR) is 58.7 cm³/mol. The molecule has 0 saturated carbocycles. The molecule has 70 valence electrons. The van der Waals surface area contributed by atoms with Crippen LogP contribution in [-0.4, -0.2) is 0 Å². The number of halogens is 1. The van der Waals surface area contributed by atoms with Gasteiger partial charge in [-0.25, -0.2) is 4.39 Å². The summed E-state index contributed by atoms with van der Waals surface area (Å²) in [6.07, 6.45) is 1.77. The lowest BCUT2D eigenvalue weighted by Gasteiger charge is -2.06. The van der Waals surface area contributed by atoms with Crippen LogP contribution in [0.2, 0.25) is 0 Å². The molecular weight excluding hydrogens is 175 g/mol. The molecule has 14 heavy (non-hydrogen) atoms. The molecule has 0 radical (unpaired) electrons. The van der Waals surface area contributed by atoms with Crippen molar-refractivity contribution < 1.29 is 4.39 Å². The van der Waals surface area contributed by atoms with Crippen LogP contribution >= 0.6 is 0 Å². The van der Waals surface area contributed by atoms with Gasteiger partial charge in [0, 0.05) is 5.39 Å². The first kappa shape index (κ1) is 8.95. The molecule has 2 rings (SSSR count). The fraction of sp³-hybridized carbons (Fsp3) is 0.0769.